The molecule has 0 amide bonds. The molecule has 118 valence electrons. The Morgan fingerprint density at radius 1 is 1.36 bits per heavy atom. The fraction of sp³-hybridized carbons (Fsp3) is 0.286. The van der Waals surface area contributed by atoms with Crippen molar-refractivity contribution >= 4 is 17.3 Å². The Balaban J connectivity index is 2.13. The smallest absolute Gasteiger partial charge is 0.282 e. The highest BCUT2D eigenvalue weighted by Crippen LogP contribution is 2.22. The van der Waals surface area contributed by atoms with Crippen LogP contribution in [-0.2, 0) is 11.9 Å². The summed E-state index contributed by atoms with van der Waals surface area (Å²) < 4.78 is 31.9. The van der Waals surface area contributed by atoms with Gasteiger partial charge in [-0.15, -0.1) is 0 Å². The second-order valence-corrected chi connectivity index (χ2v) is 4.78. The molecular formula is C14H14ClF2N3O2. The monoisotopic (exact) mass is 329 g/mol. The standard InChI is InChI=1S/C14H14ClF2N3O2/c1-20-13(7-11(18-20)14(16)17)22-8-12(19-21-2)9-3-5-10(15)6-4-9/h3-7,14H,8H2,1-2H3. The minimum atomic E-state index is -2.65. The van der Waals surface area contributed by atoms with Gasteiger partial charge in [-0.2, -0.15) is 5.10 Å². The predicted molar refractivity (Wildman–Crippen MR) is 78.7 cm³/mol. The van der Waals surface area contributed by atoms with Crippen LogP contribution in [0, 0.1) is 0 Å². The Morgan fingerprint density at radius 2 is 2.05 bits per heavy atom. The first-order valence-electron chi connectivity index (χ1n) is 6.32. The molecule has 0 bridgehead atoms. The molecule has 0 saturated heterocycles. The second kappa shape index (κ2) is 7.22. The number of aromatic nitrogens is 2. The van der Waals surface area contributed by atoms with E-state index in [1.165, 1.54) is 24.9 Å². The van der Waals surface area contributed by atoms with Gasteiger partial charge >= 0.3 is 0 Å². The van der Waals surface area contributed by atoms with Gasteiger partial charge in [0.1, 0.15) is 25.1 Å². The van der Waals surface area contributed by atoms with Crippen molar-refractivity contribution in [2.45, 2.75) is 6.43 Å². The van der Waals surface area contributed by atoms with E-state index in [0.717, 1.165) is 5.56 Å². The molecule has 0 aliphatic carbocycles. The van der Waals surface area contributed by atoms with Crippen LogP contribution < -0.4 is 4.74 Å². The molecule has 0 radical (unpaired) electrons. The third-order valence-corrected chi connectivity index (χ3v) is 3.07. The molecule has 1 aromatic heterocycles. The second-order valence-electron chi connectivity index (χ2n) is 4.35. The van der Waals surface area contributed by atoms with Gasteiger partial charge in [-0.1, -0.05) is 28.9 Å². The van der Waals surface area contributed by atoms with Crippen LogP contribution in [0.4, 0.5) is 8.78 Å². The summed E-state index contributed by atoms with van der Waals surface area (Å²) in [6.07, 6.45) is -2.65. The Bertz CT molecular complexity index is 657. The van der Waals surface area contributed by atoms with Gasteiger partial charge in [0, 0.05) is 23.7 Å². The van der Waals surface area contributed by atoms with Gasteiger partial charge < -0.3 is 9.57 Å². The third kappa shape index (κ3) is 3.94. The molecule has 1 aromatic carbocycles. The predicted octanol–water partition coefficient (Wildman–Crippen LogP) is 3.44. The van der Waals surface area contributed by atoms with Crippen LogP contribution in [0.15, 0.2) is 35.5 Å². The van der Waals surface area contributed by atoms with Crippen LogP contribution in [0.5, 0.6) is 5.88 Å². The quantitative estimate of drug-likeness (QED) is 0.602. The highest BCUT2D eigenvalue weighted by Gasteiger charge is 2.15. The lowest BCUT2D eigenvalue weighted by molar-refractivity contribution is 0.145. The molecule has 0 saturated carbocycles. The summed E-state index contributed by atoms with van der Waals surface area (Å²) in [6, 6.07) is 8.13. The molecule has 0 unspecified atom stereocenters. The summed E-state index contributed by atoms with van der Waals surface area (Å²) in [5, 5.41) is 8.15. The van der Waals surface area contributed by atoms with Crippen LogP contribution in [0.1, 0.15) is 17.7 Å². The topological polar surface area (TPSA) is 48.6 Å². The highest BCUT2D eigenvalue weighted by molar-refractivity contribution is 6.30. The van der Waals surface area contributed by atoms with Gasteiger partial charge in [0.2, 0.25) is 5.88 Å². The minimum Gasteiger partial charge on any atom is -0.471 e. The van der Waals surface area contributed by atoms with Crippen LogP contribution in [0.2, 0.25) is 5.02 Å². The van der Waals surface area contributed by atoms with E-state index >= 15 is 0 Å². The zero-order valence-corrected chi connectivity index (χ0v) is 12.7. The number of benzene rings is 1. The number of alkyl halides is 2. The number of ether oxygens (including phenoxy) is 1. The molecule has 0 fully saturated rings. The molecule has 0 aliphatic heterocycles. The molecule has 5 nitrogen and oxygen atoms in total. The number of nitrogens with zero attached hydrogens (tertiary/aromatic N) is 3. The van der Waals surface area contributed by atoms with E-state index in [0.29, 0.717) is 10.7 Å². The van der Waals surface area contributed by atoms with Crippen molar-refractivity contribution in [3.05, 3.63) is 46.6 Å². The van der Waals surface area contributed by atoms with Crippen molar-refractivity contribution in [3.63, 3.8) is 0 Å². The van der Waals surface area contributed by atoms with E-state index in [4.69, 9.17) is 21.2 Å². The Labute approximate surface area is 131 Å². The van der Waals surface area contributed by atoms with Gasteiger partial charge in [0.05, 0.1) is 0 Å². The number of halogens is 3. The molecule has 0 aliphatic rings. The summed E-state index contributed by atoms with van der Waals surface area (Å²) in [6.45, 7) is 0.0394. The van der Waals surface area contributed by atoms with Gasteiger partial charge in [-0.3, -0.25) is 0 Å². The van der Waals surface area contributed by atoms with Crippen LogP contribution in [-0.4, -0.2) is 29.2 Å². The van der Waals surface area contributed by atoms with E-state index in [1.807, 2.05) is 0 Å². The molecule has 0 atom stereocenters. The van der Waals surface area contributed by atoms with Gasteiger partial charge in [-0.25, -0.2) is 13.5 Å². The van der Waals surface area contributed by atoms with E-state index in [-0.39, 0.29) is 18.2 Å². The van der Waals surface area contributed by atoms with Crippen LogP contribution >= 0.6 is 11.6 Å². The molecule has 2 aromatic rings. The van der Waals surface area contributed by atoms with Crippen molar-refractivity contribution < 1.29 is 18.4 Å². The Kier molecular flexibility index (Phi) is 5.32. The number of oxime groups is 1. The summed E-state index contributed by atoms with van der Waals surface area (Å²) in [4.78, 5) is 4.78. The first-order valence-corrected chi connectivity index (χ1v) is 6.70. The average Bonchev–Trinajstić information content (AvgIpc) is 2.86. The van der Waals surface area contributed by atoms with Crippen molar-refractivity contribution in [3.8, 4) is 5.88 Å². The van der Waals surface area contributed by atoms with E-state index in [1.54, 1.807) is 24.3 Å². The SMILES string of the molecule is CON=C(COc1cc(C(F)F)nn1C)c1ccc(Cl)cc1. The van der Waals surface area contributed by atoms with Crippen LogP contribution in [0.25, 0.3) is 0 Å². The maximum absolute atomic E-state index is 12.6. The van der Waals surface area contributed by atoms with Crippen molar-refractivity contribution in [1.29, 1.82) is 0 Å². The number of rotatable bonds is 6. The molecule has 0 spiro atoms. The molecular weight excluding hydrogens is 316 g/mol. The molecule has 2 rings (SSSR count). The Morgan fingerprint density at radius 3 is 2.59 bits per heavy atom. The van der Waals surface area contributed by atoms with Crippen molar-refractivity contribution in [1.82, 2.24) is 9.78 Å². The van der Waals surface area contributed by atoms with E-state index < -0.39 is 6.43 Å². The normalized spacial score (nSPS) is 11.8. The van der Waals surface area contributed by atoms with Gasteiger partial charge in [0.15, 0.2) is 0 Å². The highest BCUT2D eigenvalue weighted by atomic mass is 35.5. The fourth-order valence-corrected chi connectivity index (χ4v) is 1.90. The summed E-state index contributed by atoms with van der Waals surface area (Å²) in [7, 11) is 2.94. The van der Waals surface area contributed by atoms with E-state index in [2.05, 4.69) is 10.3 Å². The summed E-state index contributed by atoms with van der Waals surface area (Å²) in [5.74, 6) is 0.216. The molecule has 22 heavy (non-hydrogen) atoms. The summed E-state index contributed by atoms with van der Waals surface area (Å²) >= 11 is 5.83. The first kappa shape index (κ1) is 16.2. The maximum Gasteiger partial charge on any atom is 0.282 e. The van der Waals surface area contributed by atoms with Crippen molar-refractivity contribution in [2.75, 3.05) is 13.7 Å². The first-order chi connectivity index (χ1) is 10.5. The largest absolute Gasteiger partial charge is 0.471 e. The van der Waals surface area contributed by atoms with E-state index in [9.17, 15) is 8.78 Å². The lowest BCUT2D eigenvalue weighted by atomic mass is 10.1. The zero-order valence-electron chi connectivity index (χ0n) is 12.0. The van der Waals surface area contributed by atoms with Gasteiger partial charge in [0.25, 0.3) is 6.43 Å². The summed E-state index contributed by atoms with van der Waals surface area (Å²) in [5.41, 5.74) is 0.913. The third-order valence-electron chi connectivity index (χ3n) is 2.82. The zero-order chi connectivity index (χ0) is 16.1. The molecule has 1 heterocycles. The Hall–Kier alpha value is -2.15. The lowest BCUT2D eigenvalue weighted by Gasteiger charge is -2.08. The maximum atomic E-state index is 12.6. The minimum absolute atomic E-state index is 0.0394. The molecule has 0 N–H and O–H groups in total. The average molecular weight is 330 g/mol. The number of hydrogen-bond acceptors (Lipinski definition) is 4. The van der Waals surface area contributed by atoms with Crippen molar-refractivity contribution in [2.24, 2.45) is 12.2 Å². The van der Waals surface area contributed by atoms with Crippen LogP contribution in [0.3, 0.4) is 0 Å². The number of hydrogen-bond donors (Lipinski definition) is 0. The lowest BCUT2D eigenvalue weighted by Crippen LogP contribution is -2.14. The number of aryl methyl sites for hydroxylation is 1. The van der Waals surface area contributed by atoms with Gasteiger partial charge in [-0.05, 0) is 12.1 Å². The fourth-order valence-electron chi connectivity index (χ4n) is 1.77. The molecule has 8 heteroatoms.